The molecule has 2 amide bonds. The molecule has 128 valence electrons. The van der Waals surface area contributed by atoms with Gasteiger partial charge in [0, 0.05) is 25.7 Å². The Bertz CT molecular complexity index is 612. The van der Waals surface area contributed by atoms with Crippen LogP contribution in [0.25, 0.3) is 0 Å². The molecule has 1 aliphatic heterocycles. The standard InChI is InChI=1S/C19H25N3O2/c23-18-12-16(13-22(18)14-17-8-4-5-10-20-17)19(24)21-11-9-15-6-2-1-3-7-15/h4-6,8,10,16H,1-3,7,9,11-14H2,(H,21,24). The number of allylic oxidation sites excluding steroid dienone is 1. The lowest BCUT2D eigenvalue weighted by atomic mass is 9.97. The van der Waals surface area contributed by atoms with Crippen molar-refractivity contribution in [1.29, 1.82) is 0 Å². The first-order valence-corrected chi connectivity index (χ1v) is 8.85. The van der Waals surface area contributed by atoms with Crippen molar-refractivity contribution < 1.29 is 9.59 Å². The Morgan fingerprint density at radius 1 is 1.33 bits per heavy atom. The summed E-state index contributed by atoms with van der Waals surface area (Å²) in [5.74, 6) is -0.194. The zero-order valence-electron chi connectivity index (χ0n) is 14.0. The number of hydrogen-bond donors (Lipinski definition) is 1. The summed E-state index contributed by atoms with van der Waals surface area (Å²) in [5.41, 5.74) is 2.32. The van der Waals surface area contributed by atoms with Crippen molar-refractivity contribution in [2.45, 2.75) is 45.1 Å². The van der Waals surface area contributed by atoms with E-state index in [9.17, 15) is 9.59 Å². The van der Waals surface area contributed by atoms with Crippen LogP contribution in [0.5, 0.6) is 0 Å². The highest BCUT2D eigenvalue weighted by atomic mass is 16.2. The Kier molecular flexibility index (Phi) is 5.62. The van der Waals surface area contributed by atoms with E-state index in [1.807, 2.05) is 18.2 Å². The van der Waals surface area contributed by atoms with Crippen LogP contribution in [0.2, 0.25) is 0 Å². The number of nitrogens with one attached hydrogen (secondary N) is 1. The monoisotopic (exact) mass is 327 g/mol. The minimum absolute atomic E-state index is 0.00304. The number of nitrogens with zero attached hydrogens (tertiary/aromatic N) is 2. The van der Waals surface area contributed by atoms with Gasteiger partial charge >= 0.3 is 0 Å². The van der Waals surface area contributed by atoms with Crippen LogP contribution in [0.3, 0.4) is 0 Å². The van der Waals surface area contributed by atoms with Gasteiger partial charge < -0.3 is 10.2 Å². The molecule has 1 aliphatic carbocycles. The zero-order chi connectivity index (χ0) is 16.8. The molecule has 2 heterocycles. The van der Waals surface area contributed by atoms with Crippen LogP contribution >= 0.6 is 0 Å². The largest absolute Gasteiger partial charge is 0.355 e. The molecule has 1 aromatic heterocycles. The summed E-state index contributed by atoms with van der Waals surface area (Å²) in [5, 5.41) is 3.00. The van der Waals surface area contributed by atoms with E-state index in [2.05, 4.69) is 16.4 Å². The van der Waals surface area contributed by atoms with Crippen LogP contribution in [0.4, 0.5) is 0 Å². The normalized spacial score (nSPS) is 20.8. The molecule has 1 atom stereocenters. The van der Waals surface area contributed by atoms with Gasteiger partial charge in [0.2, 0.25) is 11.8 Å². The average Bonchev–Trinajstić information content (AvgIpc) is 2.97. The Morgan fingerprint density at radius 3 is 3.00 bits per heavy atom. The molecule has 0 radical (unpaired) electrons. The molecule has 0 aromatic carbocycles. The Hall–Kier alpha value is -2.17. The van der Waals surface area contributed by atoms with Crippen molar-refractivity contribution in [1.82, 2.24) is 15.2 Å². The first-order chi connectivity index (χ1) is 11.7. The molecule has 1 unspecified atom stereocenters. The highest BCUT2D eigenvalue weighted by molar-refractivity contribution is 5.89. The predicted molar refractivity (Wildman–Crippen MR) is 91.9 cm³/mol. The summed E-state index contributed by atoms with van der Waals surface area (Å²) < 4.78 is 0. The number of carbonyl (C=O) groups excluding carboxylic acids is 2. The molecule has 1 saturated heterocycles. The van der Waals surface area contributed by atoms with Gasteiger partial charge in [-0.2, -0.15) is 0 Å². The number of hydrogen-bond acceptors (Lipinski definition) is 3. The fourth-order valence-electron chi connectivity index (χ4n) is 3.41. The SMILES string of the molecule is O=C(NCCC1=CCCCC1)C1CC(=O)N(Cc2ccccn2)C1. The number of carbonyl (C=O) groups is 2. The maximum atomic E-state index is 12.3. The summed E-state index contributed by atoms with van der Waals surface area (Å²) in [6.07, 6.45) is 10.2. The lowest BCUT2D eigenvalue weighted by Crippen LogP contribution is -2.33. The second-order valence-corrected chi connectivity index (χ2v) is 6.65. The van der Waals surface area contributed by atoms with Crippen molar-refractivity contribution in [3.63, 3.8) is 0 Å². The van der Waals surface area contributed by atoms with E-state index in [0.717, 1.165) is 18.5 Å². The fourth-order valence-corrected chi connectivity index (χ4v) is 3.41. The second kappa shape index (κ2) is 8.08. The predicted octanol–water partition coefficient (Wildman–Crippen LogP) is 2.44. The Balaban J connectivity index is 1.44. The van der Waals surface area contributed by atoms with E-state index in [-0.39, 0.29) is 17.7 Å². The Morgan fingerprint density at radius 2 is 2.25 bits per heavy atom. The molecule has 0 spiro atoms. The first kappa shape index (κ1) is 16.7. The van der Waals surface area contributed by atoms with Gasteiger partial charge in [-0.15, -0.1) is 0 Å². The second-order valence-electron chi connectivity index (χ2n) is 6.65. The number of amides is 2. The Labute approximate surface area is 143 Å². The molecule has 1 fully saturated rings. The third-order valence-corrected chi connectivity index (χ3v) is 4.79. The summed E-state index contributed by atoms with van der Waals surface area (Å²) in [6.45, 7) is 1.65. The molecule has 1 aromatic rings. The zero-order valence-corrected chi connectivity index (χ0v) is 14.0. The third-order valence-electron chi connectivity index (χ3n) is 4.79. The quantitative estimate of drug-likeness (QED) is 0.816. The van der Waals surface area contributed by atoms with Gasteiger partial charge in [0.05, 0.1) is 18.2 Å². The van der Waals surface area contributed by atoms with Crippen LogP contribution in [0, 0.1) is 5.92 Å². The van der Waals surface area contributed by atoms with Gasteiger partial charge in [0.15, 0.2) is 0 Å². The van der Waals surface area contributed by atoms with E-state index >= 15 is 0 Å². The molecule has 5 nitrogen and oxygen atoms in total. The van der Waals surface area contributed by atoms with Crippen LogP contribution in [-0.2, 0) is 16.1 Å². The maximum Gasteiger partial charge on any atom is 0.225 e. The number of rotatable bonds is 6. The van der Waals surface area contributed by atoms with Gasteiger partial charge in [-0.1, -0.05) is 17.7 Å². The molecule has 0 saturated carbocycles. The fraction of sp³-hybridized carbons (Fsp3) is 0.526. The van der Waals surface area contributed by atoms with Crippen LogP contribution in [0.1, 0.15) is 44.2 Å². The summed E-state index contributed by atoms with van der Waals surface area (Å²) >= 11 is 0. The number of likely N-dealkylation sites (tertiary alicyclic amines) is 1. The molecule has 1 N–H and O–H groups in total. The van der Waals surface area contributed by atoms with Gasteiger partial charge in [-0.25, -0.2) is 0 Å². The first-order valence-electron chi connectivity index (χ1n) is 8.85. The molecular weight excluding hydrogens is 302 g/mol. The van der Waals surface area contributed by atoms with E-state index < -0.39 is 0 Å². The van der Waals surface area contributed by atoms with Gasteiger partial charge in [-0.3, -0.25) is 14.6 Å². The van der Waals surface area contributed by atoms with Gasteiger partial charge in [0.25, 0.3) is 0 Å². The van der Waals surface area contributed by atoms with Crippen LogP contribution in [0.15, 0.2) is 36.0 Å². The lowest BCUT2D eigenvalue weighted by Gasteiger charge is -2.16. The molecule has 24 heavy (non-hydrogen) atoms. The summed E-state index contributed by atoms with van der Waals surface area (Å²) in [6, 6.07) is 5.67. The van der Waals surface area contributed by atoms with Gasteiger partial charge in [0.1, 0.15) is 0 Å². The highest BCUT2D eigenvalue weighted by Gasteiger charge is 2.34. The summed E-state index contributed by atoms with van der Waals surface area (Å²) in [7, 11) is 0. The molecule has 0 bridgehead atoms. The van der Waals surface area contributed by atoms with Crippen molar-refractivity contribution in [2.75, 3.05) is 13.1 Å². The van der Waals surface area contributed by atoms with Gasteiger partial charge in [-0.05, 0) is 44.2 Å². The average molecular weight is 327 g/mol. The minimum atomic E-state index is -0.235. The molecule has 3 rings (SSSR count). The molecule has 2 aliphatic rings. The molecular formula is C19H25N3O2. The minimum Gasteiger partial charge on any atom is -0.355 e. The van der Waals surface area contributed by atoms with Crippen LogP contribution < -0.4 is 5.32 Å². The number of pyridine rings is 1. The van der Waals surface area contributed by atoms with Crippen LogP contribution in [-0.4, -0.2) is 34.8 Å². The van der Waals surface area contributed by atoms with Crippen molar-refractivity contribution >= 4 is 11.8 Å². The smallest absolute Gasteiger partial charge is 0.225 e. The van der Waals surface area contributed by atoms with E-state index in [0.29, 0.717) is 26.1 Å². The topological polar surface area (TPSA) is 62.3 Å². The number of aromatic nitrogens is 1. The van der Waals surface area contributed by atoms with Crippen molar-refractivity contribution in [2.24, 2.45) is 5.92 Å². The maximum absolute atomic E-state index is 12.3. The highest BCUT2D eigenvalue weighted by Crippen LogP contribution is 2.21. The van der Waals surface area contributed by atoms with Crippen molar-refractivity contribution in [3.8, 4) is 0 Å². The van der Waals surface area contributed by atoms with Crippen molar-refractivity contribution in [3.05, 3.63) is 41.7 Å². The summed E-state index contributed by atoms with van der Waals surface area (Å²) in [4.78, 5) is 30.4. The van der Waals surface area contributed by atoms with E-state index in [1.54, 1.807) is 11.1 Å². The van der Waals surface area contributed by atoms with E-state index in [1.165, 1.54) is 24.8 Å². The lowest BCUT2D eigenvalue weighted by molar-refractivity contribution is -0.129. The molecule has 5 heteroatoms. The third kappa shape index (κ3) is 4.43. The van der Waals surface area contributed by atoms with E-state index in [4.69, 9.17) is 0 Å².